The molecule has 1 aromatic rings. The van der Waals surface area contributed by atoms with Crippen LogP contribution in [0.15, 0.2) is 30.3 Å². The number of hydrogen-bond acceptors (Lipinski definition) is 1. The predicted molar refractivity (Wildman–Crippen MR) is 70.0 cm³/mol. The molecule has 1 aliphatic rings. The number of rotatable bonds is 5. The van der Waals surface area contributed by atoms with Crippen LogP contribution in [0.5, 0.6) is 0 Å². The van der Waals surface area contributed by atoms with Crippen LogP contribution in [0, 0.1) is 5.92 Å². The van der Waals surface area contributed by atoms with Crippen LogP contribution in [0.2, 0.25) is 0 Å². The standard InChI is InChI=1S/C14H18ClNO/c15-10-13(12-7-2-1-3-8-12)16-14(17)9-11-5-4-6-11/h1-3,7-8,11,13H,4-6,9-10H2,(H,16,17). The molecule has 2 nitrogen and oxygen atoms in total. The van der Waals surface area contributed by atoms with Gasteiger partial charge in [0.25, 0.3) is 0 Å². The fraction of sp³-hybridized carbons (Fsp3) is 0.500. The molecule has 2 rings (SSSR count). The Hall–Kier alpha value is -1.02. The zero-order valence-corrected chi connectivity index (χ0v) is 10.6. The highest BCUT2D eigenvalue weighted by atomic mass is 35.5. The molecule has 17 heavy (non-hydrogen) atoms. The van der Waals surface area contributed by atoms with Crippen molar-refractivity contribution in [3.63, 3.8) is 0 Å². The average Bonchev–Trinajstić information content (AvgIpc) is 2.32. The van der Waals surface area contributed by atoms with Gasteiger partial charge in [-0.25, -0.2) is 0 Å². The molecule has 0 bridgehead atoms. The molecule has 0 aliphatic heterocycles. The van der Waals surface area contributed by atoms with Crippen molar-refractivity contribution in [3.05, 3.63) is 35.9 Å². The van der Waals surface area contributed by atoms with Gasteiger partial charge in [-0.05, 0) is 24.3 Å². The molecule has 1 aliphatic carbocycles. The van der Waals surface area contributed by atoms with Crippen LogP contribution in [0.1, 0.15) is 37.3 Å². The van der Waals surface area contributed by atoms with Gasteiger partial charge in [0.1, 0.15) is 0 Å². The Kier molecular flexibility index (Phi) is 4.43. The summed E-state index contributed by atoms with van der Waals surface area (Å²) in [6, 6.07) is 9.82. The van der Waals surface area contributed by atoms with Crippen molar-refractivity contribution >= 4 is 17.5 Å². The number of alkyl halides is 1. The monoisotopic (exact) mass is 251 g/mol. The van der Waals surface area contributed by atoms with Crippen LogP contribution in [-0.2, 0) is 4.79 Å². The van der Waals surface area contributed by atoms with E-state index in [9.17, 15) is 4.79 Å². The van der Waals surface area contributed by atoms with Gasteiger partial charge in [-0.1, -0.05) is 36.8 Å². The average molecular weight is 252 g/mol. The van der Waals surface area contributed by atoms with E-state index in [1.807, 2.05) is 30.3 Å². The number of amides is 1. The van der Waals surface area contributed by atoms with Crippen LogP contribution in [-0.4, -0.2) is 11.8 Å². The molecule has 0 radical (unpaired) electrons. The second-order valence-corrected chi connectivity index (χ2v) is 4.99. The highest BCUT2D eigenvalue weighted by Crippen LogP contribution is 2.29. The molecule has 92 valence electrons. The van der Waals surface area contributed by atoms with Crippen molar-refractivity contribution in [2.45, 2.75) is 31.7 Å². The lowest BCUT2D eigenvalue weighted by Crippen LogP contribution is -2.32. The first-order valence-corrected chi connectivity index (χ1v) is 6.73. The number of carbonyl (C=O) groups excluding carboxylic acids is 1. The van der Waals surface area contributed by atoms with Gasteiger partial charge < -0.3 is 5.32 Å². The van der Waals surface area contributed by atoms with E-state index in [0.29, 0.717) is 18.2 Å². The van der Waals surface area contributed by atoms with Crippen molar-refractivity contribution in [1.29, 1.82) is 0 Å². The second-order valence-electron chi connectivity index (χ2n) is 4.69. The van der Waals surface area contributed by atoms with Crippen molar-refractivity contribution in [2.24, 2.45) is 5.92 Å². The summed E-state index contributed by atoms with van der Waals surface area (Å²) in [7, 11) is 0. The molecule has 0 saturated heterocycles. The van der Waals surface area contributed by atoms with Gasteiger partial charge >= 0.3 is 0 Å². The Bertz CT molecular complexity index is 362. The molecule has 3 heteroatoms. The van der Waals surface area contributed by atoms with Crippen LogP contribution in [0.4, 0.5) is 0 Å². The van der Waals surface area contributed by atoms with Gasteiger partial charge in [0.15, 0.2) is 0 Å². The minimum absolute atomic E-state index is 0.0644. The summed E-state index contributed by atoms with van der Waals surface area (Å²) in [5.74, 6) is 1.14. The van der Waals surface area contributed by atoms with Gasteiger partial charge in [0, 0.05) is 12.3 Å². The topological polar surface area (TPSA) is 29.1 Å². The second kappa shape index (κ2) is 6.06. The molecular weight excluding hydrogens is 234 g/mol. The summed E-state index contributed by atoms with van der Waals surface area (Å²) < 4.78 is 0. The van der Waals surface area contributed by atoms with Crippen molar-refractivity contribution in [3.8, 4) is 0 Å². The molecule has 1 unspecified atom stereocenters. The molecule has 0 aromatic heterocycles. The predicted octanol–water partition coefficient (Wildman–Crippen LogP) is 3.27. The van der Waals surface area contributed by atoms with Gasteiger partial charge in [-0.15, -0.1) is 11.6 Å². The highest BCUT2D eigenvalue weighted by Gasteiger charge is 2.22. The molecule has 0 spiro atoms. The third kappa shape index (κ3) is 3.47. The number of benzene rings is 1. The molecular formula is C14H18ClNO. The minimum Gasteiger partial charge on any atom is -0.348 e. The minimum atomic E-state index is -0.0644. The third-order valence-electron chi connectivity index (χ3n) is 3.39. The summed E-state index contributed by atoms with van der Waals surface area (Å²) in [5.41, 5.74) is 1.07. The van der Waals surface area contributed by atoms with Crippen molar-refractivity contribution in [1.82, 2.24) is 5.32 Å². The Morgan fingerprint density at radius 2 is 2.06 bits per heavy atom. The maximum absolute atomic E-state index is 11.8. The van der Waals surface area contributed by atoms with E-state index in [2.05, 4.69) is 5.32 Å². The lowest BCUT2D eigenvalue weighted by atomic mass is 9.83. The van der Waals surface area contributed by atoms with Gasteiger partial charge in [-0.2, -0.15) is 0 Å². The number of hydrogen-bond donors (Lipinski definition) is 1. The van der Waals surface area contributed by atoms with Crippen LogP contribution in [0.3, 0.4) is 0 Å². The lowest BCUT2D eigenvalue weighted by Gasteiger charge is -2.25. The van der Waals surface area contributed by atoms with E-state index in [0.717, 1.165) is 5.56 Å². The van der Waals surface area contributed by atoms with Crippen LogP contribution in [0.25, 0.3) is 0 Å². The SMILES string of the molecule is O=C(CC1CCC1)NC(CCl)c1ccccc1. The van der Waals surface area contributed by atoms with E-state index in [-0.39, 0.29) is 11.9 Å². The fourth-order valence-electron chi connectivity index (χ4n) is 2.11. The summed E-state index contributed by atoms with van der Waals surface area (Å²) >= 11 is 5.92. The summed E-state index contributed by atoms with van der Waals surface area (Å²) in [5, 5.41) is 3.01. The van der Waals surface area contributed by atoms with E-state index in [4.69, 9.17) is 11.6 Å². The van der Waals surface area contributed by atoms with Gasteiger partial charge in [-0.3, -0.25) is 4.79 Å². The number of nitrogens with one attached hydrogen (secondary N) is 1. The molecule has 1 fully saturated rings. The maximum atomic E-state index is 11.8. The number of carbonyl (C=O) groups is 1. The lowest BCUT2D eigenvalue weighted by molar-refractivity contribution is -0.123. The first-order chi connectivity index (χ1) is 8.29. The smallest absolute Gasteiger partial charge is 0.220 e. The fourth-order valence-corrected chi connectivity index (χ4v) is 2.36. The maximum Gasteiger partial charge on any atom is 0.220 e. The molecule has 1 atom stereocenters. The van der Waals surface area contributed by atoms with Gasteiger partial charge in [0.05, 0.1) is 6.04 Å². The molecule has 1 saturated carbocycles. The third-order valence-corrected chi connectivity index (χ3v) is 3.70. The Balaban J connectivity index is 1.88. The van der Waals surface area contributed by atoms with Gasteiger partial charge in [0.2, 0.25) is 5.91 Å². The van der Waals surface area contributed by atoms with E-state index < -0.39 is 0 Å². The van der Waals surface area contributed by atoms with Crippen LogP contribution >= 0.6 is 11.6 Å². The van der Waals surface area contributed by atoms with E-state index >= 15 is 0 Å². The molecule has 0 heterocycles. The Morgan fingerprint density at radius 1 is 1.35 bits per heavy atom. The summed E-state index contributed by atoms with van der Waals surface area (Å²) in [4.78, 5) is 11.8. The van der Waals surface area contributed by atoms with Crippen molar-refractivity contribution in [2.75, 3.05) is 5.88 Å². The van der Waals surface area contributed by atoms with E-state index in [1.165, 1.54) is 19.3 Å². The Morgan fingerprint density at radius 3 is 2.59 bits per heavy atom. The molecule has 1 N–H and O–H groups in total. The summed E-state index contributed by atoms with van der Waals surface area (Å²) in [6.07, 6.45) is 4.32. The van der Waals surface area contributed by atoms with Crippen molar-refractivity contribution < 1.29 is 4.79 Å². The first kappa shape index (κ1) is 12.4. The zero-order chi connectivity index (χ0) is 12.1. The van der Waals surface area contributed by atoms with E-state index in [1.54, 1.807) is 0 Å². The molecule has 1 aromatic carbocycles. The summed E-state index contributed by atoms with van der Waals surface area (Å²) in [6.45, 7) is 0. The largest absolute Gasteiger partial charge is 0.348 e. The Labute approximate surface area is 107 Å². The first-order valence-electron chi connectivity index (χ1n) is 6.20. The normalized spacial score (nSPS) is 17.2. The molecule has 1 amide bonds. The number of halogens is 1. The highest BCUT2D eigenvalue weighted by molar-refractivity contribution is 6.18. The quantitative estimate of drug-likeness (QED) is 0.800. The zero-order valence-electron chi connectivity index (χ0n) is 9.86. The van der Waals surface area contributed by atoms with Crippen LogP contribution < -0.4 is 5.32 Å².